The van der Waals surface area contributed by atoms with E-state index >= 15 is 0 Å². The van der Waals surface area contributed by atoms with Gasteiger partial charge in [-0.2, -0.15) is 0 Å². The predicted molar refractivity (Wildman–Crippen MR) is 173 cm³/mol. The van der Waals surface area contributed by atoms with Crippen LogP contribution in [0.1, 0.15) is 127 Å². The molecule has 0 saturated carbocycles. The van der Waals surface area contributed by atoms with Crippen LogP contribution in [-0.4, -0.2) is 28.5 Å². The maximum Gasteiger partial charge on any atom is 0.343 e. The summed E-state index contributed by atoms with van der Waals surface area (Å²) >= 11 is 1.61. The number of carbonyl (C=O) groups excluding carboxylic acids is 1. The van der Waals surface area contributed by atoms with Crippen molar-refractivity contribution in [2.45, 2.75) is 122 Å². The molecule has 0 aliphatic rings. The van der Waals surface area contributed by atoms with E-state index in [9.17, 15) is 4.79 Å². The topological polar surface area (TPSA) is 74.5 Å². The first kappa shape index (κ1) is 33.7. The van der Waals surface area contributed by atoms with Crippen LogP contribution in [0.5, 0.6) is 11.5 Å². The minimum Gasteiger partial charge on any atom is -0.494 e. The van der Waals surface area contributed by atoms with Crippen molar-refractivity contribution in [3.05, 3.63) is 54.1 Å². The van der Waals surface area contributed by atoms with Crippen molar-refractivity contribution in [1.82, 2.24) is 10.2 Å². The predicted octanol–water partition coefficient (Wildman–Crippen LogP) is 10.7. The van der Waals surface area contributed by atoms with E-state index in [-0.39, 0.29) is 0 Å². The van der Waals surface area contributed by atoms with Gasteiger partial charge in [0.05, 0.1) is 12.2 Å². The molecule has 0 aliphatic carbocycles. The lowest BCUT2D eigenvalue weighted by Gasteiger charge is -2.08. The van der Waals surface area contributed by atoms with Crippen molar-refractivity contribution in [3.8, 4) is 23.0 Å². The van der Waals surface area contributed by atoms with Crippen molar-refractivity contribution < 1.29 is 18.7 Å². The summed E-state index contributed by atoms with van der Waals surface area (Å²) in [6, 6.07) is 14.3. The van der Waals surface area contributed by atoms with E-state index in [2.05, 4.69) is 24.0 Å². The molecule has 1 heterocycles. The summed E-state index contributed by atoms with van der Waals surface area (Å²) in [5.41, 5.74) is 1.27. The third kappa shape index (κ3) is 13.5. The summed E-state index contributed by atoms with van der Waals surface area (Å²) in [4.78, 5) is 12.6. The third-order valence-electron chi connectivity index (χ3n) is 7.30. The smallest absolute Gasteiger partial charge is 0.343 e. The Bertz CT molecular complexity index is 1110. The minimum absolute atomic E-state index is 0.408. The second-order valence-electron chi connectivity index (χ2n) is 11.0. The van der Waals surface area contributed by atoms with Gasteiger partial charge in [0, 0.05) is 11.3 Å². The minimum atomic E-state index is -0.408. The second-order valence-corrected chi connectivity index (χ2v) is 12.0. The van der Waals surface area contributed by atoms with Crippen LogP contribution in [0.4, 0.5) is 0 Å². The van der Waals surface area contributed by atoms with Crippen LogP contribution >= 0.6 is 11.8 Å². The Morgan fingerprint density at radius 1 is 0.667 bits per heavy atom. The number of benzene rings is 2. The molecule has 7 heteroatoms. The van der Waals surface area contributed by atoms with Gasteiger partial charge in [-0.1, -0.05) is 116 Å². The Labute approximate surface area is 257 Å². The molecular formula is C35H50N2O4S. The second kappa shape index (κ2) is 21.0. The normalized spacial score (nSPS) is 11.1. The quantitative estimate of drug-likeness (QED) is 0.0468. The summed E-state index contributed by atoms with van der Waals surface area (Å²) in [6.45, 7) is 5.20. The summed E-state index contributed by atoms with van der Waals surface area (Å²) in [7, 11) is 0. The molecule has 0 radical (unpaired) electrons. The highest BCUT2D eigenvalue weighted by Gasteiger charge is 2.12. The van der Waals surface area contributed by atoms with E-state index in [1.165, 1.54) is 89.9 Å². The molecular weight excluding hydrogens is 544 g/mol. The van der Waals surface area contributed by atoms with Crippen LogP contribution in [0, 0.1) is 0 Å². The molecule has 0 bridgehead atoms. The van der Waals surface area contributed by atoms with Gasteiger partial charge in [-0.25, -0.2) is 4.79 Å². The molecule has 230 valence electrons. The number of aromatic nitrogens is 2. The number of ether oxygens (including phenoxy) is 2. The van der Waals surface area contributed by atoms with Crippen LogP contribution in [0.3, 0.4) is 0 Å². The Hall–Kier alpha value is -2.80. The van der Waals surface area contributed by atoms with Gasteiger partial charge in [0.2, 0.25) is 5.89 Å². The van der Waals surface area contributed by atoms with Gasteiger partial charge < -0.3 is 13.9 Å². The Morgan fingerprint density at radius 2 is 1.21 bits per heavy atom. The zero-order chi connectivity index (χ0) is 29.7. The molecule has 0 aliphatic heterocycles. The molecule has 42 heavy (non-hydrogen) atoms. The van der Waals surface area contributed by atoms with E-state index in [1.807, 2.05) is 24.3 Å². The SMILES string of the molecule is CCCCCCCCCCOc1ccc(C(=O)Oc2ccc(-c3nnc(SCCCCCCCCCC)o3)cc2)cc1. The standard InChI is InChI=1S/C35H50N2O4S/c1-3-5-7-9-11-13-15-17-27-39-31-23-21-30(22-24-31)34(38)40-32-25-19-29(20-26-32)33-36-37-35(41-33)42-28-18-16-14-12-10-8-6-4-2/h19-26H,3-18,27-28H2,1-2H3. The number of hydrogen-bond acceptors (Lipinski definition) is 7. The van der Waals surface area contributed by atoms with Crippen LogP contribution in [0.2, 0.25) is 0 Å². The van der Waals surface area contributed by atoms with Gasteiger partial charge in [-0.3, -0.25) is 0 Å². The lowest BCUT2D eigenvalue weighted by atomic mass is 10.1. The van der Waals surface area contributed by atoms with Crippen molar-refractivity contribution in [3.63, 3.8) is 0 Å². The summed E-state index contributed by atoms with van der Waals surface area (Å²) in [5, 5.41) is 8.95. The maximum atomic E-state index is 12.6. The number of rotatable bonds is 23. The lowest BCUT2D eigenvalue weighted by Crippen LogP contribution is -2.08. The molecule has 0 saturated heterocycles. The molecule has 1 aromatic heterocycles. The van der Waals surface area contributed by atoms with E-state index in [0.717, 1.165) is 29.9 Å². The molecule has 3 aromatic rings. The highest BCUT2D eigenvalue weighted by atomic mass is 32.2. The molecule has 0 amide bonds. The number of carbonyl (C=O) groups is 1. The zero-order valence-electron chi connectivity index (χ0n) is 25.8. The first-order chi connectivity index (χ1) is 20.7. The Balaban J connectivity index is 1.32. The maximum absolute atomic E-state index is 12.6. The van der Waals surface area contributed by atoms with Gasteiger partial charge >= 0.3 is 5.97 Å². The highest BCUT2D eigenvalue weighted by molar-refractivity contribution is 7.99. The third-order valence-corrected chi connectivity index (χ3v) is 8.20. The molecule has 6 nitrogen and oxygen atoms in total. The number of hydrogen-bond donors (Lipinski definition) is 0. The zero-order valence-corrected chi connectivity index (χ0v) is 26.6. The van der Waals surface area contributed by atoms with Gasteiger partial charge in [-0.15, -0.1) is 10.2 Å². The van der Waals surface area contributed by atoms with Crippen LogP contribution < -0.4 is 9.47 Å². The fourth-order valence-corrected chi connectivity index (χ4v) is 5.48. The van der Waals surface area contributed by atoms with Crippen LogP contribution in [0.25, 0.3) is 11.5 Å². The van der Waals surface area contributed by atoms with Crippen molar-refractivity contribution in [1.29, 1.82) is 0 Å². The Morgan fingerprint density at radius 3 is 1.83 bits per heavy atom. The van der Waals surface area contributed by atoms with Gasteiger partial charge in [0.1, 0.15) is 11.5 Å². The van der Waals surface area contributed by atoms with Crippen LogP contribution in [0.15, 0.2) is 58.2 Å². The number of thioether (sulfide) groups is 1. The van der Waals surface area contributed by atoms with E-state index in [1.54, 1.807) is 36.0 Å². The molecule has 0 fully saturated rings. The van der Waals surface area contributed by atoms with Crippen molar-refractivity contribution in [2.24, 2.45) is 0 Å². The number of esters is 1. The molecule has 3 rings (SSSR count). The molecule has 0 spiro atoms. The van der Waals surface area contributed by atoms with Crippen LogP contribution in [-0.2, 0) is 0 Å². The number of unbranched alkanes of at least 4 members (excludes halogenated alkanes) is 14. The highest BCUT2D eigenvalue weighted by Crippen LogP contribution is 2.26. The average Bonchev–Trinajstić information content (AvgIpc) is 3.49. The van der Waals surface area contributed by atoms with Gasteiger partial charge in [0.15, 0.2) is 0 Å². The Kier molecular flexibility index (Phi) is 16.8. The largest absolute Gasteiger partial charge is 0.494 e. The molecule has 0 unspecified atom stereocenters. The summed E-state index contributed by atoms with van der Waals surface area (Å²) in [6.07, 6.45) is 20.6. The first-order valence-electron chi connectivity index (χ1n) is 16.2. The monoisotopic (exact) mass is 594 g/mol. The van der Waals surface area contributed by atoms with Crippen molar-refractivity contribution in [2.75, 3.05) is 12.4 Å². The van der Waals surface area contributed by atoms with E-state index in [0.29, 0.717) is 29.0 Å². The molecule has 2 aromatic carbocycles. The summed E-state index contributed by atoms with van der Waals surface area (Å²) in [5.74, 6) is 2.28. The van der Waals surface area contributed by atoms with E-state index < -0.39 is 5.97 Å². The first-order valence-corrected chi connectivity index (χ1v) is 17.2. The van der Waals surface area contributed by atoms with Crippen molar-refractivity contribution >= 4 is 17.7 Å². The number of nitrogens with zero attached hydrogens (tertiary/aromatic N) is 2. The molecule has 0 N–H and O–H groups in total. The molecule has 0 atom stereocenters. The average molecular weight is 595 g/mol. The fraction of sp³-hybridized carbons (Fsp3) is 0.571. The fourth-order valence-electron chi connectivity index (χ4n) is 4.72. The van der Waals surface area contributed by atoms with Gasteiger partial charge in [0.25, 0.3) is 5.22 Å². The van der Waals surface area contributed by atoms with Gasteiger partial charge in [-0.05, 0) is 61.4 Å². The summed E-state index contributed by atoms with van der Waals surface area (Å²) < 4.78 is 17.2. The lowest BCUT2D eigenvalue weighted by molar-refractivity contribution is 0.0734. The van der Waals surface area contributed by atoms with E-state index in [4.69, 9.17) is 13.9 Å².